The molecule has 3 aliphatic rings. The molecule has 1 aliphatic carbocycles. The number of aliphatic imine (C=N–C) groups is 1. The van der Waals surface area contributed by atoms with Crippen molar-refractivity contribution in [2.45, 2.75) is 50.6 Å². The van der Waals surface area contributed by atoms with Crippen molar-refractivity contribution in [1.29, 1.82) is 0 Å². The molecule has 1 spiro atoms. The number of rotatable bonds is 2. The van der Waals surface area contributed by atoms with E-state index in [1.165, 1.54) is 30.2 Å². The number of hydrogen-bond donors (Lipinski definition) is 1. The van der Waals surface area contributed by atoms with Gasteiger partial charge in [0.1, 0.15) is 0 Å². The summed E-state index contributed by atoms with van der Waals surface area (Å²) in [4.78, 5) is 4.88. The average molecular weight is 254 g/mol. The molecule has 0 amide bonds. The smallest absolute Gasteiger partial charge is 0.157 e. The van der Waals surface area contributed by atoms with Gasteiger partial charge in [0.15, 0.2) is 5.17 Å². The van der Waals surface area contributed by atoms with E-state index in [1.54, 1.807) is 0 Å². The minimum absolute atomic E-state index is 0.293. The van der Waals surface area contributed by atoms with Gasteiger partial charge in [-0.3, -0.25) is 4.99 Å². The van der Waals surface area contributed by atoms with E-state index < -0.39 is 0 Å². The second-order valence-corrected chi connectivity index (χ2v) is 6.64. The van der Waals surface area contributed by atoms with Crippen molar-refractivity contribution in [3.8, 4) is 0 Å². The van der Waals surface area contributed by atoms with E-state index in [2.05, 4.69) is 12.2 Å². The monoisotopic (exact) mass is 254 g/mol. The molecule has 1 atom stereocenters. The summed E-state index contributed by atoms with van der Waals surface area (Å²) in [6, 6.07) is 0.508. The third kappa shape index (κ3) is 2.48. The van der Waals surface area contributed by atoms with Crippen molar-refractivity contribution in [2.75, 3.05) is 19.0 Å². The molecule has 2 saturated heterocycles. The van der Waals surface area contributed by atoms with Crippen molar-refractivity contribution < 1.29 is 4.74 Å². The van der Waals surface area contributed by atoms with Crippen molar-refractivity contribution >= 4 is 16.9 Å². The van der Waals surface area contributed by atoms with Gasteiger partial charge < -0.3 is 10.1 Å². The molecule has 0 aromatic rings. The number of hydrogen-bond acceptors (Lipinski definition) is 3. The molecule has 0 aromatic heterocycles. The van der Waals surface area contributed by atoms with Gasteiger partial charge in [0, 0.05) is 19.0 Å². The van der Waals surface area contributed by atoms with Crippen molar-refractivity contribution in [3.05, 3.63) is 0 Å². The molecule has 2 heterocycles. The van der Waals surface area contributed by atoms with Crippen LogP contribution in [0.15, 0.2) is 4.99 Å². The lowest BCUT2D eigenvalue weighted by Crippen LogP contribution is -2.48. The molecule has 1 N–H and O–H groups in total. The molecule has 2 aliphatic heterocycles. The van der Waals surface area contributed by atoms with Gasteiger partial charge in [-0.2, -0.15) is 0 Å². The van der Waals surface area contributed by atoms with Crippen LogP contribution in [0.4, 0.5) is 0 Å². The third-order valence-electron chi connectivity index (χ3n) is 4.46. The van der Waals surface area contributed by atoms with Crippen LogP contribution in [0.1, 0.15) is 39.0 Å². The maximum Gasteiger partial charge on any atom is 0.157 e. The number of nitrogens with zero attached hydrogens (tertiary/aromatic N) is 1. The first-order chi connectivity index (χ1) is 8.27. The normalized spacial score (nSPS) is 32.4. The highest BCUT2D eigenvalue weighted by Gasteiger charge is 2.39. The standard InChI is InChI=1S/C13H22N2OS/c1-10(11-3-2-4-11)14-12-15-13(9-17-12)5-7-16-8-6-13/h10-11H,2-9H2,1H3,(H,14,15). The molecule has 96 valence electrons. The zero-order chi connectivity index (χ0) is 11.7. The Morgan fingerprint density at radius 1 is 1.41 bits per heavy atom. The van der Waals surface area contributed by atoms with E-state index in [4.69, 9.17) is 9.73 Å². The third-order valence-corrected chi connectivity index (χ3v) is 5.64. The fourth-order valence-corrected chi connectivity index (χ4v) is 4.12. The molecule has 0 radical (unpaired) electrons. The number of amidine groups is 1. The highest BCUT2D eigenvalue weighted by atomic mass is 32.2. The molecule has 3 fully saturated rings. The van der Waals surface area contributed by atoms with Gasteiger partial charge in [-0.25, -0.2) is 0 Å². The summed E-state index contributed by atoms with van der Waals surface area (Å²) < 4.78 is 5.45. The van der Waals surface area contributed by atoms with Gasteiger partial charge in [-0.15, -0.1) is 0 Å². The molecule has 1 saturated carbocycles. The molecule has 4 heteroatoms. The molecule has 17 heavy (non-hydrogen) atoms. The predicted molar refractivity (Wildman–Crippen MR) is 72.6 cm³/mol. The Morgan fingerprint density at radius 3 is 2.82 bits per heavy atom. The van der Waals surface area contributed by atoms with Crippen LogP contribution in [0.5, 0.6) is 0 Å². The van der Waals surface area contributed by atoms with E-state index in [9.17, 15) is 0 Å². The van der Waals surface area contributed by atoms with E-state index in [0.29, 0.717) is 11.6 Å². The SMILES string of the molecule is CC(N=C1NC2(CCOCC2)CS1)C1CCC1. The summed E-state index contributed by atoms with van der Waals surface area (Å²) in [5.74, 6) is 2.02. The highest BCUT2D eigenvalue weighted by Crippen LogP contribution is 2.34. The second kappa shape index (κ2) is 4.81. The lowest BCUT2D eigenvalue weighted by Gasteiger charge is -2.33. The minimum atomic E-state index is 0.293. The molecular formula is C13H22N2OS. The molecule has 3 nitrogen and oxygen atoms in total. The predicted octanol–water partition coefficient (Wildman–Crippen LogP) is 2.42. The zero-order valence-corrected chi connectivity index (χ0v) is 11.4. The summed E-state index contributed by atoms with van der Waals surface area (Å²) in [6.45, 7) is 4.08. The molecule has 0 aromatic carbocycles. The Morgan fingerprint density at radius 2 is 2.18 bits per heavy atom. The first-order valence-electron chi connectivity index (χ1n) is 6.84. The van der Waals surface area contributed by atoms with Crippen LogP contribution in [-0.4, -0.2) is 35.7 Å². The molecule has 1 unspecified atom stereocenters. The summed E-state index contributed by atoms with van der Waals surface area (Å²) >= 11 is 1.91. The summed E-state index contributed by atoms with van der Waals surface area (Å²) in [7, 11) is 0. The quantitative estimate of drug-likeness (QED) is 0.821. The zero-order valence-electron chi connectivity index (χ0n) is 10.6. The number of nitrogens with one attached hydrogen (secondary N) is 1. The van der Waals surface area contributed by atoms with Gasteiger partial charge in [-0.05, 0) is 38.5 Å². The molecular weight excluding hydrogens is 232 g/mol. The largest absolute Gasteiger partial charge is 0.381 e. The van der Waals surface area contributed by atoms with E-state index in [-0.39, 0.29) is 0 Å². The lowest BCUT2D eigenvalue weighted by molar-refractivity contribution is 0.0555. The molecule has 0 bridgehead atoms. The van der Waals surface area contributed by atoms with Crippen LogP contribution in [0.25, 0.3) is 0 Å². The van der Waals surface area contributed by atoms with Crippen molar-refractivity contribution in [2.24, 2.45) is 10.9 Å². The Labute approximate surface area is 108 Å². The lowest BCUT2D eigenvalue weighted by atomic mass is 9.81. The first-order valence-corrected chi connectivity index (χ1v) is 7.83. The topological polar surface area (TPSA) is 33.6 Å². The minimum Gasteiger partial charge on any atom is -0.381 e. The Hall–Kier alpha value is -0.220. The van der Waals surface area contributed by atoms with E-state index >= 15 is 0 Å². The van der Waals surface area contributed by atoms with Crippen LogP contribution < -0.4 is 5.32 Å². The van der Waals surface area contributed by atoms with Gasteiger partial charge >= 0.3 is 0 Å². The highest BCUT2D eigenvalue weighted by molar-refractivity contribution is 8.14. The van der Waals surface area contributed by atoms with Crippen molar-refractivity contribution in [3.63, 3.8) is 0 Å². The second-order valence-electron chi connectivity index (χ2n) is 5.67. The van der Waals surface area contributed by atoms with Crippen LogP contribution in [0, 0.1) is 5.92 Å². The number of thioether (sulfide) groups is 1. The van der Waals surface area contributed by atoms with Crippen LogP contribution in [0.3, 0.4) is 0 Å². The Kier molecular flexibility index (Phi) is 3.35. The van der Waals surface area contributed by atoms with Crippen molar-refractivity contribution in [1.82, 2.24) is 5.32 Å². The van der Waals surface area contributed by atoms with Gasteiger partial charge in [-0.1, -0.05) is 18.2 Å². The molecule has 3 rings (SSSR count). The average Bonchev–Trinajstić information content (AvgIpc) is 2.60. The summed E-state index contributed by atoms with van der Waals surface area (Å²) in [5.41, 5.74) is 0.293. The van der Waals surface area contributed by atoms with Gasteiger partial charge in [0.05, 0.1) is 11.6 Å². The van der Waals surface area contributed by atoms with Crippen LogP contribution in [0.2, 0.25) is 0 Å². The maximum atomic E-state index is 5.45. The summed E-state index contributed by atoms with van der Waals surface area (Å²) in [6.07, 6.45) is 6.43. The Balaban J connectivity index is 1.60. The van der Waals surface area contributed by atoms with Crippen LogP contribution in [-0.2, 0) is 4.74 Å². The van der Waals surface area contributed by atoms with Gasteiger partial charge in [0.25, 0.3) is 0 Å². The fraction of sp³-hybridized carbons (Fsp3) is 0.923. The van der Waals surface area contributed by atoms with E-state index in [0.717, 1.165) is 32.0 Å². The Bertz CT molecular complexity index is 309. The number of ether oxygens (including phenoxy) is 1. The maximum absolute atomic E-state index is 5.45. The van der Waals surface area contributed by atoms with E-state index in [1.807, 2.05) is 11.8 Å². The van der Waals surface area contributed by atoms with Crippen LogP contribution >= 0.6 is 11.8 Å². The summed E-state index contributed by atoms with van der Waals surface area (Å²) in [5, 5.41) is 4.86. The van der Waals surface area contributed by atoms with Gasteiger partial charge in [0.2, 0.25) is 0 Å². The fourth-order valence-electron chi connectivity index (χ4n) is 2.82. The first kappa shape index (κ1) is 11.8.